The zero-order valence-corrected chi connectivity index (χ0v) is 12.5. The minimum atomic E-state index is -0.424. The fourth-order valence-corrected chi connectivity index (χ4v) is 3.15. The number of benzene rings is 1. The molecule has 1 aromatic carbocycles. The number of fused-ring (bicyclic) bond motifs is 1. The van der Waals surface area contributed by atoms with Gasteiger partial charge in [-0.05, 0) is 44.0 Å². The largest absolute Gasteiger partial charge is 0.477 e. The first kappa shape index (κ1) is 14.2. The van der Waals surface area contributed by atoms with E-state index in [0.717, 1.165) is 31.1 Å². The standard InChI is InChI=1S/C16H23N3O2/c1-17-16(20)15-11-19(10-12-6-8-18-9-7-12)13-4-2-3-5-14(13)21-15/h2-5,12,15,18H,6-11H2,1H3,(H,17,20). The monoisotopic (exact) mass is 289 g/mol. The van der Waals surface area contributed by atoms with Crippen LogP contribution in [0.4, 0.5) is 5.69 Å². The Morgan fingerprint density at radius 1 is 1.38 bits per heavy atom. The minimum Gasteiger partial charge on any atom is -0.477 e. The van der Waals surface area contributed by atoms with Gasteiger partial charge < -0.3 is 20.3 Å². The van der Waals surface area contributed by atoms with Crippen LogP contribution < -0.4 is 20.3 Å². The summed E-state index contributed by atoms with van der Waals surface area (Å²) in [5, 5.41) is 6.09. The van der Waals surface area contributed by atoms with Crippen molar-refractivity contribution in [3.63, 3.8) is 0 Å². The van der Waals surface area contributed by atoms with Crippen molar-refractivity contribution in [2.45, 2.75) is 18.9 Å². The Balaban J connectivity index is 1.78. The summed E-state index contributed by atoms with van der Waals surface area (Å²) in [5.41, 5.74) is 1.11. The normalized spacial score (nSPS) is 22.3. The molecule has 2 heterocycles. The van der Waals surface area contributed by atoms with E-state index in [9.17, 15) is 4.79 Å². The molecule has 1 saturated heterocycles. The summed E-state index contributed by atoms with van der Waals surface area (Å²) in [7, 11) is 1.66. The predicted molar refractivity (Wildman–Crippen MR) is 82.7 cm³/mol. The lowest BCUT2D eigenvalue weighted by atomic mass is 9.96. The van der Waals surface area contributed by atoms with Crippen molar-refractivity contribution in [1.29, 1.82) is 0 Å². The summed E-state index contributed by atoms with van der Waals surface area (Å²) in [6.45, 7) is 3.81. The van der Waals surface area contributed by atoms with E-state index >= 15 is 0 Å². The molecule has 0 spiro atoms. The van der Waals surface area contributed by atoms with Crippen LogP contribution in [0.2, 0.25) is 0 Å². The van der Waals surface area contributed by atoms with Crippen molar-refractivity contribution in [1.82, 2.24) is 10.6 Å². The molecule has 2 N–H and O–H groups in total. The van der Waals surface area contributed by atoms with Gasteiger partial charge in [0.2, 0.25) is 0 Å². The summed E-state index contributed by atoms with van der Waals surface area (Å²) in [4.78, 5) is 14.3. The molecule has 0 saturated carbocycles. The molecule has 1 aromatic rings. The van der Waals surface area contributed by atoms with E-state index in [1.807, 2.05) is 18.2 Å². The molecule has 0 bridgehead atoms. The lowest BCUT2D eigenvalue weighted by Crippen LogP contribution is -2.49. The van der Waals surface area contributed by atoms with Crippen molar-refractivity contribution in [3.05, 3.63) is 24.3 Å². The zero-order chi connectivity index (χ0) is 14.7. The van der Waals surface area contributed by atoms with Gasteiger partial charge in [0.1, 0.15) is 5.75 Å². The average molecular weight is 289 g/mol. The van der Waals surface area contributed by atoms with Gasteiger partial charge in [-0.15, -0.1) is 0 Å². The van der Waals surface area contributed by atoms with Crippen LogP contribution in [-0.4, -0.2) is 45.2 Å². The molecule has 2 aliphatic rings. The molecule has 2 aliphatic heterocycles. The molecule has 1 atom stereocenters. The van der Waals surface area contributed by atoms with Gasteiger partial charge in [-0.3, -0.25) is 4.79 Å². The zero-order valence-electron chi connectivity index (χ0n) is 12.5. The fourth-order valence-electron chi connectivity index (χ4n) is 3.15. The number of hydrogen-bond donors (Lipinski definition) is 2. The van der Waals surface area contributed by atoms with Crippen molar-refractivity contribution in [2.75, 3.05) is 38.1 Å². The Morgan fingerprint density at radius 2 is 2.14 bits per heavy atom. The lowest BCUT2D eigenvalue weighted by Gasteiger charge is -2.38. The molecule has 21 heavy (non-hydrogen) atoms. The summed E-state index contributed by atoms with van der Waals surface area (Å²) in [5.74, 6) is 1.44. The highest BCUT2D eigenvalue weighted by molar-refractivity contribution is 5.83. The lowest BCUT2D eigenvalue weighted by molar-refractivity contribution is -0.127. The van der Waals surface area contributed by atoms with E-state index in [1.54, 1.807) is 7.05 Å². The van der Waals surface area contributed by atoms with Crippen molar-refractivity contribution in [2.24, 2.45) is 5.92 Å². The van der Waals surface area contributed by atoms with E-state index in [0.29, 0.717) is 12.5 Å². The quantitative estimate of drug-likeness (QED) is 0.872. The van der Waals surface area contributed by atoms with Crippen LogP contribution in [-0.2, 0) is 4.79 Å². The second kappa shape index (κ2) is 6.35. The number of piperidine rings is 1. The number of anilines is 1. The topological polar surface area (TPSA) is 53.6 Å². The average Bonchev–Trinajstić information content (AvgIpc) is 2.55. The second-order valence-corrected chi connectivity index (χ2v) is 5.79. The minimum absolute atomic E-state index is 0.0557. The Kier molecular flexibility index (Phi) is 4.29. The molecule has 3 rings (SSSR count). The summed E-state index contributed by atoms with van der Waals surface area (Å²) in [6, 6.07) is 8.00. The van der Waals surface area contributed by atoms with Crippen LogP contribution in [0, 0.1) is 5.92 Å². The van der Waals surface area contributed by atoms with Crippen LogP contribution in [0.25, 0.3) is 0 Å². The Labute approximate surface area is 125 Å². The maximum Gasteiger partial charge on any atom is 0.262 e. The first-order chi connectivity index (χ1) is 10.3. The highest BCUT2D eigenvalue weighted by atomic mass is 16.5. The number of amides is 1. The second-order valence-electron chi connectivity index (χ2n) is 5.79. The van der Waals surface area contributed by atoms with Gasteiger partial charge in [0.05, 0.1) is 12.2 Å². The number of carbonyl (C=O) groups is 1. The number of nitrogens with one attached hydrogen (secondary N) is 2. The molecule has 0 aliphatic carbocycles. The molecule has 5 heteroatoms. The highest BCUT2D eigenvalue weighted by Crippen LogP contribution is 2.34. The molecule has 1 unspecified atom stereocenters. The van der Waals surface area contributed by atoms with Gasteiger partial charge in [-0.2, -0.15) is 0 Å². The number of para-hydroxylation sites is 2. The van der Waals surface area contributed by atoms with E-state index in [-0.39, 0.29) is 5.91 Å². The van der Waals surface area contributed by atoms with Gasteiger partial charge in [0.15, 0.2) is 6.10 Å². The third kappa shape index (κ3) is 3.13. The number of hydrogen-bond acceptors (Lipinski definition) is 4. The van der Waals surface area contributed by atoms with Gasteiger partial charge in [-0.25, -0.2) is 0 Å². The maximum atomic E-state index is 11.9. The van der Waals surface area contributed by atoms with Crippen LogP contribution >= 0.6 is 0 Å². The number of carbonyl (C=O) groups excluding carboxylic acids is 1. The Hall–Kier alpha value is -1.75. The SMILES string of the molecule is CNC(=O)C1CN(CC2CCNCC2)c2ccccc2O1. The Bertz CT molecular complexity index is 500. The molecular formula is C16H23N3O2. The number of rotatable bonds is 3. The molecule has 1 amide bonds. The highest BCUT2D eigenvalue weighted by Gasteiger charge is 2.31. The maximum absolute atomic E-state index is 11.9. The number of likely N-dealkylation sites (N-methyl/N-ethyl adjacent to an activating group) is 1. The fraction of sp³-hybridized carbons (Fsp3) is 0.562. The first-order valence-electron chi connectivity index (χ1n) is 7.71. The molecule has 5 nitrogen and oxygen atoms in total. The van der Waals surface area contributed by atoms with Gasteiger partial charge in [-0.1, -0.05) is 12.1 Å². The number of nitrogens with zero attached hydrogens (tertiary/aromatic N) is 1. The van der Waals surface area contributed by atoms with E-state index < -0.39 is 6.10 Å². The van der Waals surface area contributed by atoms with Gasteiger partial charge in [0, 0.05) is 13.6 Å². The predicted octanol–water partition coefficient (Wildman–Crippen LogP) is 1.000. The van der Waals surface area contributed by atoms with Crippen molar-refractivity contribution >= 4 is 11.6 Å². The van der Waals surface area contributed by atoms with Crippen LogP contribution in [0.5, 0.6) is 5.75 Å². The van der Waals surface area contributed by atoms with Gasteiger partial charge in [0.25, 0.3) is 5.91 Å². The summed E-state index contributed by atoms with van der Waals surface area (Å²) < 4.78 is 5.84. The molecule has 0 radical (unpaired) electrons. The molecule has 1 fully saturated rings. The number of ether oxygens (including phenoxy) is 1. The van der Waals surface area contributed by atoms with Crippen LogP contribution in [0.3, 0.4) is 0 Å². The molecule has 114 valence electrons. The molecular weight excluding hydrogens is 266 g/mol. The third-order valence-electron chi connectivity index (χ3n) is 4.34. The Morgan fingerprint density at radius 3 is 2.90 bits per heavy atom. The van der Waals surface area contributed by atoms with E-state index in [4.69, 9.17) is 4.74 Å². The van der Waals surface area contributed by atoms with E-state index in [2.05, 4.69) is 21.6 Å². The molecule has 0 aromatic heterocycles. The van der Waals surface area contributed by atoms with Gasteiger partial charge >= 0.3 is 0 Å². The third-order valence-corrected chi connectivity index (χ3v) is 4.34. The van der Waals surface area contributed by atoms with Crippen LogP contribution in [0.15, 0.2) is 24.3 Å². The first-order valence-corrected chi connectivity index (χ1v) is 7.71. The van der Waals surface area contributed by atoms with Crippen molar-refractivity contribution in [3.8, 4) is 5.75 Å². The van der Waals surface area contributed by atoms with E-state index in [1.165, 1.54) is 12.8 Å². The van der Waals surface area contributed by atoms with Crippen molar-refractivity contribution < 1.29 is 9.53 Å². The smallest absolute Gasteiger partial charge is 0.262 e. The van der Waals surface area contributed by atoms with Crippen LogP contribution in [0.1, 0.15) is 12.8 Å². The summed E-state index contributed by atoms with van der Waals surface area (Å²) >= 11 is 0. The summed E-state index contributed by atoms with van der Waals surface area (Å²) in [6.07, 6.45) is 1.97.